The van der Waals surface area contributed by atoms with Gasteiger partial charge in [0.25, 0.3) is 0 Å². The molecule has 0 aromatic heterocycles. The van der Waals surface area contributed by atoms with Crippen molar-refractivity contribution in [3.63, 3.8) is 0 Å². The first-order chi connectivity index (χ1) is 9.08. The van der Waals surface area contributed by atoms with Gasteiger partial charge in [0.15, 0.2) is 0 Å². The quantitative estimate of drug-likeness (QED) is 0.777. The number of hydrogen-bond acceptors (Lipinski definition) is 5. The number of ether oxygens (including phenoxy) is 2. The average molecular weight is 287 g/mol. The number of rotatable bonds is 2. The molecule has 0 radical (unpaired) electrons. The molecule has 0 saturated carbocycles. The van der Waals surface area contributed by atoms with Gasteiger partial charge < -0.3 is 14.6 Å². The number of nitrogens with zero attached hydrogens (tertiary/aromatic N) is 1. The molecule has 1 saturated heterocycles. The Morgan fingerprint density at radius 2 is 1.85 bits per heavy atom. The molecule has 0 aromatic rings. The first kappa shape index (κ1) is 16.8. The van der Waals surface area contributed by atoms with Gasteiger partial charge in [-0.25, -0.2) is 9.59 Å². The zero-order chi connectivity index (χ0) is 15.7. The van der Waals surface area contributed by atoms with Crippen molar-refractivity contribution in [2.45, 2.75) is 52.4 Å². The number of likely N-dealkylation sites (tertiary alicyclic amines) is 1. The van der Waals surface area contributed by atoms with Crippen molar-refractivity contribution >= 4 is 12.1 Å². The van der Waals surface area contributed by atoms with Crippen LogP contribution in [0.2, 0.25) is 0 Å². The standard InChI is InChI=1S/C14H25NO5/c1-8(2)10-9(16)7-15(11(10)12(17)19-6)13(18)20-14(3,4)5/h8-11,16H,7H2,1-6H3/t9-,10-,11+/m1/s1. The molecule has 6 nitrogen and oxygen atoms in total. The Morgan fingerprint density at radius 3 is 2.25 bits per heavy atom. The summed E-state index contributed by atoms with van der Waals surface area (Å²) in [5.74, 6) is -0.831. The highest BCUT2D eigenvalue weighted by Gasteiger charge is 2.50. The Bertz CT molecular complexity index is 374. The third-order valence-corrected chi connectivity index (χ3v) is 3.37. The van der Waals surface area contributed by atoms with Gasteiger partial charge in [0.2, 0.25) is 0 Å². The zero-order valence-corrected chi connectivity index (χ0v) is 13.0. The van der Waals surface area contributed by atoms with E-state index in [-0.39, 0.29) is 18.4 Å². The highest BCUT2D eigenvalue weighted by Crippen LogP contribution is 2.32. The lowest BCUT2D eigenvalue weighted by atomic mass is 9.87. The fraction of sp³-hybridized carbons (Fsp3) is 0.857. The summed E-state index contributed by atoms with van der Waals surface area (Å²) in [6.07, 6.45) is -1.36. The van der Waals surface area contributed by atoms with E-state index in [1.807, 2.05) is 13.8 Å². The van der Waals surface area contributed by atoms with E-state index in [1.54, 1.807) is 20.8 Å². The second-order valence-corrected chi connectivity index (χ2v) is 6.49. The van der Waals surface area contributed by atoms with Crippen LogP contribution in [0.25, 0.3) is 0 Å². The van der Waals surface area contributed by atoms with E-state index in [0.717, 1.165) is 0 Å². The van der Waals surface area contributed by atoms with Crippen LogP contribution < -0.4 is 0 Å². The molecular formula is C14H25NO5. The van der Waals surface area contributed by atoms with Crippen molar-refractivity contribution < 1.29 is 24.2 Å². The number of aliphatic hydroxyl groups excluding tert-OH is 1. The topological polar surface area (TPSA) is 76.1 Å². The van der Waals surface area contributed by atoms with Crippen LogP contribution in [0.1, 0.15) is 34.6 Å². The second-order valence-electron chi connectivity index (χ2n) is 6.49. The molecular weight excluding hydrogens is 262 g/mol. The summed E-state index contributed by atoms with van der Waals surface area (Å²) >= 11 is 0. The predicted molar refractivity (Wildman–Crippen MR) is 73.1 cm³/mol. The number of hydrogen-bond donors (Lipinski definition) is 1. The molecule has 1 N–H and O–H groups in total. The van der Waals surface area contributed by atoms with Gasteiger partial charge in [-0.2, -0.15) is 0 Å². The van der Waals surface area contributed by atoms with Gasteiger partial charge in [0, 0.05) is 5.92 Å². The molecule has 0 bridgehead atoms. The lowest BCUT2D eigenvalue weighted by molar-refractivity contribution is -0.148. The first-order valence-corrected chi connectivity index (χ1v) is 6.84. The summed E-state index contributed by atoms with van der Waals surface area (Å²) in [5, 5.41) is 10.1. The number of aliphatic hydroxyl groups is 1. The maximum absolute atomic E-state index is 12.2. The normalized spacial score (nSPS) is 26.8. The molecule has 0 aromatic carbocycles. The van der Waals surface area contributed by atoms with Crippen molar-refractivity contribution in [1.29, 1.82) is 0 Å². The van der Waals surface area contributed by atoms with Crippen molar-refractivity contribution in [2.75, 3.05) is 13.7 Å². The van der Waals surface area contributed by atoms with E-state index in [1.165, 1.54) is 12.0 Å². The van der Waals surface area contributed by atoms with Crippen LogP contribution in [0.3, 0.4) is 0 Å². The molecule has 1 heterocycles. The maximum Gasteiger partial charge on any atom is 0.411 e. The molecule has 0 unspecified atom stereocenters. The first-order valence-electron chi connectivity index (χ1n) is 6.84. The Labute approximate surface area is 120 Å². The van der Waals surface area contributed by atoms with Gasteiger partial charge in [0.05, 0.1) is 19.8 Å². The molecule has 0 spiro atoms. The van der Waals surface area contributed by atoms with Crippen LogP contribution in [-0.2, 0) is 14.3 Å². The number of methoxy groups -OCH3 is 1. The molecule has 116 valence electrons. The fourth-order valence-corrected chi connectivity index (χ4v) is 2.58. The van der Waals surface area contributed by atoms with Crippen LogP contribution in [0.4, 0.5) is 4.79 Å². The molecule has 0 aliphatic carbocycles. The summed E-state index contributed by atoms with van der Waals surface area (Å²) < 4.78 is 10.1. The molecule has 1 rings (SSSR count). The molecule has 6 heteroatoms. The number of amides is 1. The van der Waals surface area contributed by atoms with E-state index in [2.05, 4.69) is 0 Å². The fourth-order valence-electron chi connectivity index (χ4n) is 2.58. The van der Waals surface area contributed by atoms with E-state index < -0.39 is 29.8 Å². The summed E-state index contributed by atoms with van der Waals surface area (Å²) in [7, 11) is 1.28. The summed E-state index contributed by atoms with van der Waals surface area (Å²) in [4.78, 5) is 25.4. The molecule has 1 aliphatic rings. The Kier molecular flexibility index (Phi) is 5.02. The van der Waals surface area contributed by atoms with Gasteiger partial charge in [-0.1, -0.05) is 13.8 Å². The summed E-state index contributed by atoms with van der Waals surface area (Å²) in [6, 6.07) is -0.801. The van der Waals surface area contributed by atoms with Gasteiger partial charge in [-0.3, -0.25) is 4.90 Å². The van der Waals surface area contributed by atoms with Crippen LogP contribution in [0, 0.1) is 11.8 Å². The highest BCUT2D eigenvalue weighted by atomic mass is 16.6. The lowest BCUT2D eigenvalue weighted by Crippen LogP contribution is -2.47. The van der Waals surface area contributed by atoms with Crippen LogP contribution in [0.15, 0.2) is 0 Å². The van der Waals surface area contributed by atoms with Crippen LogP contribution >= 0.6 is 0 Å². The molecule has 3 atom stereocenters. The summed E-state index contributed by atoms with van der Waals surface area (Å²) in [6.45, 7) is 9.15. The second kappa shape index (κ2) is 5.99. The minimum absolute atomic E-state index is 0.0431. The van der Waals surface area contributed by atoms with Crippen LogP contribution in [-0.4, -0.2) is 53.5 Å². The van der Waals surface area contributed by atoms with Crippen molar-refractivity contribution in [2.24, 2.45) is 11.8 Å². The van der Waals surface area contributed by atoms with Crippen LogP contribution in [0.5, 0.6) is 0 Å². The average Bonchev–Trinajstić information content (AvgIpc) is 2.63. The van der Waals surface area contributed by atoms with Crippen molar-refractivity contribution in [3.8, 4) is 0 Å². The predicted octanol–water partition coefficient (Wildman–Crippen LogP) is 1.41. The maximum atomic E-state index is 12.2. The third kappa shape index (κ3) is 3.62. The third-order valence-electron chi connectivity index (χ3n) is 3.37. The minimum atomic E-state index is -0.801. The minimum Gasteiger partial charge on any atom is -0.467 e. The van der Waals surface area contributed by atoms with E-state index in [0.29, 0.717) is 0 Å². The van der Waals surface area contributed by atoms with Gasteiger partial charge >= 0.3 is 12.1 Å². The summed E-state index contributed by atoms with van der Waals surface area (Å²) in [5.41, 5.74) is -0.654. The number of esters is 1. The van der Waals surface area contributed by atoms with E-state index in [9.17, 15) is 14.7 Å². The van der Waals surface area contributed by atoms with E-state index >= 15 is 0 Å². The molecule has 1 aliphatic heterocycles. The Hall–Kier alpha value is -1.30. The van der Waals surface area contributed by atoms with Gasteiger partial charge in [-0.15, -0.1) is 0 Å². The Morgan fingerprint density at radius 1 is 1.30 bits per heavy atom. The SMILES string of the molecule is COC(=O)[C@@H]1[C@H](C(C)C)[C@H](O)CN1C(=O)OC(C)(C)C. The zero-order valence-electron chi connectivity index (χ0n) is 13.0. The smallest absolute Gasteiger partial charge is 0.411 e. The largest absolute Gasteiger partial charge is 0.467 e. The van der Waals surface area contributed by atoms with Crippen molar-refractivity contribution in [1.82, 2.24) is 4.90 Å². The molecule has 20 heavy (non-hydrogen) atoms. The highest BCUT2D eigenvalue weighted by molar-refractivity contribution is 5.82. The van der Waals surface area contributed by atoms with E-state index in [4.69, 9.17) is 9.47 Å². The molecule has 1 fully saturated rings. The molecule has 1 amide bonds. The number of carbonyl (C=O) groups is 2. The Balaban J connectivity index is 3.00. The van der Waals surface area contributed by atoms with Gasteiger partial charge in [-0.05, 0) is 26.7 Å². The number of carbonyl (C=O) groups excluding carboxylic acids is 2. The van der Waals surface area contributed by atoms with Gasteiger partial charge in [0.1, 0.15) is 11.6 Å². The lowest BCUT2D eigenvalue weighted by Gasteiger charge is -2.29. The van der Waals surface area contributed by atoms with Crippen molar-refractivity contribution in [3.05, 3.63) is 0 Å². The monoisotopic (exact) mass is 287 g/mol. The number of β-amino-alcohol motifs (C(OH)–C–C–N with tert-alkyl or cyclic N) is 1.